The van der Waals surface area contributed by atoms with Crippen molar-refractivity contribution in [1.82, 2.24) is 4.98 Å². The summed E-state index contributed by atoms with van der Waals surface area (Å²) >= 11 is 5.96. The Bertz CT molecular complexity index is 1010. The number of H-pyrrole nitrogens is 1. The number of amides is 1. The van der Waals surface area contributed by atoms with Gasteiger partial charge in [-0.05, 0) is 36.4 Å². The number of aromatic hydroxyl groups is 1. The maximum atomic E-state index is 13.4. The van der Waals surface area contributed by atoms with Crippen LogP contribution in [0.15, 0.2) is 46.6 Å². The second kappa shape index (κ2) is 5.31. The topological polar surface area (TPSA) is 89.8 Å². The van der Waals surface area contributed by atoms with Crippen LogP contribution < -0.4 is 5.32 Å². The van der Waals surface area contributed by atoms with Crippen LogP contribution in [-0.2, 0) is 4.79 Å². The van der Waals surface area contributed by atoms with E-state index in [0.29, 0.717) is 27.2 Å². The summed E-state index contributed by atoms with van der Waals surface area (Å²) in [6, 6.07) is 8.09. The van der Waals surface area contributed by atoms with E-state index < -0.39 is 11.9 Å². The zero-order valence-electron chi connectivity index (χ0n) is 12.0. The van der Waals surface area contributed by atoms with Gasteiger partial charge in [0.25, 0.3) is 5.91 Å². The van der Waals surface area contributed by atoms with Crippen molar-refractivity contribution in [1.29, 1.82) is 0 Å². The van der Waals surface area contributed by atoms with Crippen molar-refractivity contribution in [3.05, 3.63) is 52.8 Å². The number of benzene rings is 2. The number of halogens is 2. The van der Waals surface area contributed by atoms with Gasteiger partial charge in [0, 0.05) is 21.7 Å². The highest BCUT2D eigenvalue weighted by molar-refractivity contribution is 6.31. The van der Waals surface area contributed by atoms with Crippen LogP contribution in [0.3, 0.4) is 0 Å². The third-order valence-corrected chi connectivity index (χ3v) is 4.04. The Hall–Kier alpha value is -2.93. The zero-order valence-corrected chi connectivity index (χ0v) is 12.8. The van der Waals surface area contributed by atoms with Gasteiger partial charge in [0.15, 0.2) is 11.7 Å². The van der Waals surface area contributed by atoms with Crippen LogP contribution in [0.1, 0.15) is 11.6 Å². The molecule has 1 aromatic heterocycles. The summed E-state index contributed by atoms with van der Waals surface area (Å²) in [5, 5.41) is 21.5. The van der Waals surface area contributed by atoms with E-state index in [1.54, 1.807) is 18.2 Å². The smallest absolute Gasteiger partial charge is 0.255 e. The normalized spacial score (nSPS) is 16.8. The molecule has 3 aromatic rings. The predicted octanol–water partition coefficient (Wildman–Crippen LogP) is 4.44. The fraction of sp³-hybridized carbons (Fsp3) is 0.0625. The third kappa shape index (κ3) is 2.30. The monoisotopic (exact) mass is 344 g/mol. The lowest BCUT2D eigenvalue weighted by molar-refractivity contribution is -0.116. The Kier molecular flexibility index (Phi) is 3.24. The minimum absolute atomic E-state index is 0.0766. The number of aromatic amines is 1. The van der Waals surface area contributed by atoms with Gasteiger partial charge in [0.05, 0.1) is 5.52 Å². The van der Waals surface area contributed by atoms with Gasteiger partial charge >= 0.3 is 0 Å². The number of hydrogen-bond donors (Lipinski definition) is 3. The fourth-order valence-electron chi connectivity index (χ4n) is 2.68. The maximum absolute atomic E-state index is 13.4. The molecule has 120 valence electrons. The van der Waals surface area contributed by atoms with Gasteiger partial charge in [-0.15, -0.1) is 5.11 Å². The van der Waals surface area contributed by atoms with Crippen LogP contribution >= 0.6 is 11.6 Å². The Morgan fingerprint density at radius 3 is 2.88 bits per heavy atom. The van der Waals surface area contributed by atoms with Gasteiger partial charge in [-0.3, -0.25) is 4.79 Å². The van der Waals surface area contributed by atoms with E-state index in [1.807, 2.05) is 0 Å². The van der Waals surface area contributed by atoms with Crippen LogP contribution in [0, 0.1) is 5.82 Å². The summed E-state index contributed by atoms with van der Waals surface area (Å²) in [7, 11) is 0. The van der Waals surface area contributed by atoms with E-state index in [9.17, 15) is 14.3 Å². The molecular formula is C16H10ClFN4O2. The number of anilines is 1. The van der Waals surface area contributed by atoms with Gasteiger partial charge in [0.1, 0.15) is 5.82 Å². The predicted molar refractivity (Wildman–Crippen MR) is 87.3 cm³/mol. The van der Waals surface area contributed by atoms with Crippen molar-refractivity contribution < 1.29 is 14.3 Å². The molecule has 0 fully saturated rings. The first-order chi connectivity index (χ1) is 11.5. The zero-order chi connectivity index (χ0) is 16.8. The van der Waals surface area contributed by atoms with Crippen LogP contribution in [-0.4, -0.2) is 16.0 Å². The number of fused-ring (bicyclic) bond motifs is 2. The molecule has 3 N–H and O–H groups in total. The highest BCUT2D eigenvalue weighted by atomic mass is 35.5. The lowest BCUT2D eigenvalue weighted by atomic mass is 10.1. The van der Waals surface area contributed by atoms with Crippen molar-refractivity contribution in [2.24, 2.45) is 10.2 Å². The van der Waals surface area contributed by atoms with Gasteiger partial charge in [-0.1, -0.05) is 11.6 Å². The molecule has 1 aliphatic rings. The highest BCUT2D eigenvalue weighted by Gasteiger charge is 2.31. The number of azo groups is 1. The van der Waals surface area contributed by atoms with E-state index in [2.05, 4.69) is 20.5 Å². The van der Waals surface area contributed by atoms with Crippen LogP contribution in [0.25, 0.3) is 10.9 Å². The molecule has 0 saturated carbocycles. The van der Waals surface area contributed by atoms with E-state index in [1.165, 1.54) is 18.2 Å². The molecule has 0 radical (unpaired) electrons. The lowest BCUT2D eigenvalue weighted by Crippen LogP contribution is -2.09. The molecule has 2 aromatic carbocycles. The molecule has 0 aliphatic carbocycles. The molecule has 1 unspecified atom stereocenters. The summed E-state index contributed by atoms with van der Waals surface area (Å²) < 4.78 is 13.4. The molecule has 4 rings (SSSR count). The molecule has 1 atom stereocenters. The van der Waals surface area contributed by atoms with Gasteiger partial charge in [0.2, 0.25) is 5.88 Å². The average molecular weight is 345 g/mol. The van der Waals surface area contributed by atoms with E-state index in [0.717, 1.165) is 0 Å². The van der Waals surface area contributed by atoms with Crippen LogP contribution in [0.2, 0.25) is 5.02 Å². The molecule has 0 bridgehead atoms. The Morgan fingerprint density at radius 2 is 2.04 bits per heavy atom. The Morgan fingerprint density at radius 1 is 1.21 bits per heavy atom. The number of carbonyl (C=O) groups excluding carboxylic acids is 1. The van der Waals surface area contributed by atoms with Gasteiger partial charge < -0.3 is 15.4 Å². The summed E-state index contributed by atoms with van der Waals surface area (Å²) in [4.78, 5) is 14.7. The van der Waals surface area contributed by atoms with Crippen molar-refractivity contribution in [3.63, 3.8) is 0 Å². The van der Waals surface area contributed by atoms with Crippen molar-refractivity contribution in [2.75, 3.05) is 5.32 Å². The minimum Gasteiger partial charge on any atom is -0.493 e. The van der Waals surface area contributed by atoms with Crippen molar-refractivity contribution in [2.45, 2.75) is 6.04 Å². The van der Waals surface area contributed by atoms with E-state index in [-0.39, 0.29) is 17.5 Å². The highest BCUT2D eigenvalue weighted by Crippen LogP contribution is 2.39. The number of nitrogens with one attached hydrogen (secondary N) is 2. The van der Waals surface area contributed by atoms with Crippen LogP contribution in [0.5, 0.6) is 5.88 Å². The summed E-state index contributed by atoms with van der Waals surface area (Å²) in [5.74, 6) is -1.06. The standard InChI is InChI=1S/C16H10ClFN4O2/c17-7-1-3-11-9(5-7)13(15(23)19-11)21-22-14-10-6-8(18)2-4-12(10)20-16(14)24/h1-6,13,20,24H,(H,19,23). The summed E-state index contributed by atoms with van der Waals surface area (Å²) in [5.41, 5.74) is 1.80. The number of nitrogens with zero attached hydrogens (tertiary/aromatic N) is 2. The first kappa shape index (κ1) is 14.6. The average Bonchev–Trinajstić information content (AvgIpc) is 3.01. The molecule has 2 heterocycles. The van der Waals surface area contributed by atoms with Crippen LogP contribution in [0.4, 0.5) is 15.8 Å². The second-order valence-corrected chi connectivity index (χ2v) is 5.79. The maximum Gasteiger partial charge on any atom is 0.255 e. The molecule has 0 saturated heterocycles. The first-order valence-corrected chi connectivity index (χ1v) is 7.42. The SMILES string of the molecule is O=C1Nc2ccc(Cl)cc2C1N=Nc1c(O)[nH]c2ccc(F)cc12. The van der Waals surface area contributed by atoms with E-state index >= 15 is 0 Å². The largest absolute Gasteiger partial charge is 0.493 e. The number of rotatable bonds is 2. The fourth-order valence-corrected chi connectivity index (χ4v) is 2.86. The van der Waals surface area contributed by atoms with Gasteiger partial charge in [-0.25, -0.2) is 4.39 Å². The molecule has 1 amide bonds. The summed E-state index contributed by atoms with van der Waals surface area (Å²) in [6.45, 7) is 0. The quantitative estimate of drug-likeness (QED) is 0.600. The first-order valence-electron chi connectivity index (χ1n) is 7.04. The molecule has 1 aliphatic heterocycles. The molecule has 8 heteroatoms. The minimum atomic E-state index is -0.878. The van der Waals surface area contributed by atoms with Gasteiger partial charge in [-0.2, -0.15) is 5.11 Å². The number of aromatic nitrogens is 1. The Labute approximate surface area is 140 Å². The molecule has 0 spiro atoms. The lowest BCUT2D eigenvalue weighted by Gasteiger charge is -2.01. The van der Waals surface area contributed by atoms with Crippen molar-refractivity contribution >= 4 is 39.8 Å². The summed E-state index contributed by atoms with van der Waals surface area (Å²) in [6.07, 6.45) is 0. The van der Waals surface area contributed by atoms with Crippen molar-refractivity contribution in [3.8, 4) is 5.88 Å². The second-order valence-electron chi connectivity index (χ2n) is 5.35. The number of hydrogen-bond acceptors (Lipinski definition) is 4. The number of carbonyl (C=O) groups is 1. The molecular weight excluding hydrogens is 335 g/mol. The molecule has 6 nitrogen and oxygen atoms in total. The molecule has 24 heavy (non-hydrogen) atoms. The van der Waals surface area contributed by atoms with E-state index in [4.69, 9.17) is 11.6 Å². The third-order valence-electron chi connectivity index (χ3n) is 3.80. The Balaban J connectivity index is 1.77.